The summed E-state index contributed by atoms with van der Waals surface area (Å²) in [5, 5.41) is 7.23. The average molecular weight is 364 g/mol. The number of carbonyl (C=O) groups excluding carboxylic acids is 3. The third kappa shape index (κ3) is 4.27. The second-order valence-corrected chi connectivity index (χ2v) is 6.25. The standard InChI is InChI=1S/C16H18ClN5O3/c17-11-1-3-12(4-2-11)18-16(25)22-9-7-21(8-10-22)15(24)13-5-6-14(23)20-19-13/h1-4H,5-10H2,(H,18,25)(H,20,23). The molecule has 0 bridgehead atoms. The van der Waals surface area contributed by atoms with Gasteiger partial charge in [0.05, 0.1) is 0 Å². The van der Waals surface area contributed by atoms with E-state index in [0.29, 0.717) is 49.0 Å². The van der Waals surface area contributed by atoms with Crippen molar-refractivity contribution in [1.29, 1.82) is 0 Å². The maximum Gasteiger partial charge on any atom is 0.321 e. The highest BCUT2D eigenvalue weighted by molar-refractivity contribution is 6.39. The van der Waals surface area contributed by atoms with Crippen molar-refractivity contribution in [2.24, 2.45) is 5.10 Å². The van der Waals surface area contributed by atoms with Crippen LogP contribution in [0.2, 0.25) is 5.02 Å². The highest BCUT2D eigenvalue weighted by Crippen LogP contribution is 2.15. The van der Waals surface area contributed by atoms with Gasteiger partial charge in [0, 0.05) is 49.7 Å². The van der Waals surface area contributed by atoms with Crippen LogP contribution in [-0.4, -0.2) is 59.5 Å². The predicted octanol–water partition coefficient (Wildman–Crippen LogP) is 1.28. The first-order chi connectivity index (χ1) is 12.0. The van der Waals surface area contributed by atoms with E-state index in [1.807, 2.05) is 0 Å². The van der Waals surface area contributed by atoms with Gasteiger partial charge in [0.25, 0.3) is 5.91 Å². The van der Waals surface area contributed by atoms with Crippen LogP contribution in [0, 0.1) is 0 Å². The van der Waals surface area contributed by atoms with Crippen LogP contribution >= 0.6 is 11.6 Å². The van der Waals surface area contributed by atoms with Gasteiger partial charge < -0.3 is 15.1 Å². The minimum absolute atomic E-state index is 0.180. The topological polar surface area (TPSA) is 94.1 Å². The lowest BCUT2D eigenvalue weighted by atomic mass is 10.1. The summed E-state index contributed by atoms with van der Waals surface area (Å²) in [6.45, 7) is 1.73. The quantitative estimate of drug-likeness (QED) is 0.828. The summed E-state index contributed by atoms with van der Waals surface area (Å²) >= 11 is 5.82. The first kappa shape index (κ1) is 17.2. The SMILES string of the molecule is O=C1CCC(C(=O)N2CCN(C(=O)Nc3ccc(Cl)cc3)CC2)=NN1. The molecule has 2 heterocycles. The summed E-state index contributed by atoms with van der Waals surface area (Å²) in [7, 11) is 0. The van der Waals surface area contributed by atoms with Gasteiger partial charge in [0.1, 0.15) is 5.71 Å². The van der Waals surface area contributed by atoms with Crippen molar-refractivity contribution in [3.8, 4) is 0 Å². The molecule has 1 fully saturated rings. The lowest BCUT2D eigenvalue weighted by Crippen LogP contribution is -2.53. The monoisotopic (exact) mass is 363 g/mol. The summed E-state index contributed by atoms with van der Waals surface area (Å²) in [6, 6.07) is 6.66. The van der Waals surface area contributed by atoms with E-state index in [2.05, 4.69) is 15.8 Å². The Morgan fingerprint density at radius 2 is 1.68 bits per heavy atom. The van der Waals surface area contributed by atoms with Gasteiger partial charge >= 0.3 is 6.03 Å². The molecule has 2 aliphatic heterocycles. The van der Waals surface area contributed by atoms with Gasteiger partial charge in [-0.25, -0.2) is 10.2 Å². The Morgan fingerprint density at radius 1 is 1.04 bits per heavy atom. The average Bonchev–Trinajstić information content (AvgIpc) is 2.64. The van der Waals surface area contributed by atoms with Crippen molar-refractivity contribution < 1.29 is 14.4 Å². The fourth-order valence-electron chi connectivity index (χ4n) is 2.66. The van der Waals surface area contributed by atoms with Crippen LogP contribution < -0.4 is 10.7 Å². The van der Waals surface area contributed by atoms with Crippen LogP contribution in [0.15, 0.2) is 29.4 Å². The van der Waals surface area contributed by atoms with Crippen molar-refractivity contribution in [2.45, 2.75) is 12.8 Å². The van der Waals surface area contributed by atoms with E-state index < -0.39 is 0 Å². The summed E-state index contributed by atoms with van der Waals surface area (Å²) in [5.74, 6) is -0.363. The van der Waals surface area contributed by atoms with E-state index in [1.54, 1.807) is 34.1 Å². The molecule has 1 aromatic rings. The Kier molecular flexibility index (Phi) is 5.18. The number of rotatable bonds is 2. The van der Waals surface area contributed by atoms with E-state index in [4.69, 9.17) is 11.6 Å². The first-order valence-corrected chi connectivity index (χ1v) is 8.37. The van der Waals surface area contributed by atoms with Crippen LogP contribution in [0.1, 0.15) is 12.8 Å². The number of anilines is 1. The Hall–Kier alpha value is -2.61. The van der Waals surface area contributed by atoms with E-state index in [9.17, 15) is 14.4 Å². The minimum atomic E-state index is -0.211. The molecule has 1 saturated heterocycles. The molecular formula is C16H18ClN5O3. The van der Waals surface area contributed by atoms with Gasteiger partial charge in [-0.05, 0) is 24.3 Å². The molecule has 0 aromatic heterocycles. The summed E-state index contributed by atoms with van der Waals surface area (Å²) < 4.78 is 0. The molecule has 2 aliphatic rings. The number of benzene rings is 1. The van der Waals surface area contributed by atoms with Crippen molar-refractivity contribution in [1.82, 2.24) is 15.2 Å². The number of piperazine rings is 1. The Bertz CT molecular complexity index is 711. The molecule has 8 nitrogen and oxygen atoms in total. The number of urea groups is 1. The molecule has 0 atom stereocenters. The Labute approximate surface area is 149 Å². The van der Waals surface area contributed by atoms with Crippen LogP contribution in [0.5, 0.6) is 0 Å². The van der Waals surface area contributed by atoms with Crippen LogP contribution in [0.25, 0.3) is 0 Å². The zero-order valence-corrected chi connectivity index (χ0v) is 14.3. The third-order valence-corrected chi connectivity index (χ3v) is 4.35. The van der Waals surface area contributed by atoms with E-state index in [1.165, 1.54) is 0 Å². The molecule has 4 amide bonds. The number of hydrogen-bond donors (Lipinski definition) is 2. The van der Waals surface area contributed by atoms with Gasteiger partial charge in [0.15, 0.2) is 0 Å². The van der Waals surface area contributed by atoms with Crippen molar-refractivity contribution in [3.63, 3.8) is 0 Å². The number of halogens is 1. The second-order valence-electron chi connectivity index (χ2n) is 5.81. The molecule has 132 valence electrons. The molecule has 0 unspecified atom stereocenters. The van der Waals surface area contributed by atoms with Gasteiger partial charge in [-0.1, -0.05) is 11.6 Å². The molecule has 2 N–H and O–H groups in total. The number of nitrogens with zero attached hydrogens (tertiary/aromatic N) is 3. The molecule has 0 saturated carbocycles. The lowest BCUT2D eigenvalue weighted by Gasteiger charge is -2.35. The van der Waals surface area contributed by atoms with E-state index in [-0.39, 0.29) is 24.3 Å². The zero-order valence-electron chi connectivity index (χ0n) is 13.5. The number of nitrogens with one attached hydrogen (secondary N) is 2. The maximum atomic E-state index is 12.4. The molecule has 0 aliphatic carbocycles. The van der Waals surface area contributed by atoms with Crippen LogP contribution in [0.4, 0.5) is 10.5 Å². The molecule has 0 spiro atoms. The molecule has 25 heavy (non-hydrogen) atoms. The zero-order chi connectivity index (χ0) is 17.8. The molecule has 3 rings (SSSR count). The molecule has 9 heteroatoms. The van der Waals surface area contributed by atoms with Gasteiger partial charge in [0.2, 0.25) is 5.91 Å². The Balaban J connectivity index is 1.51. The van der Waals surface area contributed by atoms with Crippen molar-refractivity contribution >= 4 is 40.8 Å². The van der Waals surface area contributed by atoms with Crippen LogP contribution in [0.3, 0.4) is 0 Å². The number of amides is 4. The second kappa shape index (κ2) is 7.52. The van der Waals surface area contributed by atoms with Gasteiger partial charge in [-0.3, -0.25) is 9.59 Å². The molecule has 0 radical (unpaired) electrons. The highest BCUT2D eigenvalue weighted by atomic mass is 35.5. The number of carbonyl (C=O) groups is 3. The van der Waals surface area contributed by atoms with Gasteiger partial charge in [-0.15, -0.1) is 0 Å². The Morgan fingerprint density at radius 3 is 2.28 bits per heavy atom. The summed E-state index contributed by atoms with van der Waals surface area (Å²) in [5.41, 5.74) is 3.35. The fraction of sp³-hybridized carbons (Fsp3) is 0.375. The molecule has 1 aromatic carbocycles. The largest absolute Gasteiger partial charge is 0.334 e. The van der Waals surface area contributed by atoms with E-state index >= 15 is 0 Å². The van der Waals surface area contributed by atoms with E-state index in [0.717, 1.165) is 0 Å². The van der Waals surface area contributed by atoms with Crippen molar-refractivity contribution in [3.05, 3.63) is 29.3 Å². The van der Waals surface area contributed by atoms with Gasteiger partial charge in [-0.2, -0.15) is 5.10 Å². The van der Waals surface area contributed by atoms with Crippen molar-refractivity contribution in [2.75, 3.05) is 31.5 Å². The first-order valence-electron chi connectivity index (χ1n) is 7.99. The summed E-state index contributed by atoms with van der Waals surface area (Å²) in [4.78, 5) is 39.0. The normalized spacial score (nSPS) is 17.6. The lowest BCUT2D eigenvalue weighted by molar-refractivity contribution is -0.125. The van der Waals surface area contributed by atoms with Crippen LogP contribution in [-0.2, 0) is 9.59 Å². The summed E-state index contributed by atoms with van der Waals surface area (Å²) in [6.07, 6.45) is 0.621. The fourth-order valence-corrected chi connectivity index (χ4v) is 2.79. The number of hydrogen-bond acceptors (Lipinski definition) is 4. The highest BCUT2D eigenvalue weighted by Gasteiger charge is 2.28. The predicted molar refractivity (Wildman–Crippen MR) is 93.4 cm³/mol. The molecular weight excluding hydrogens is 346 g/mol. The maximum absolute atomic E-state index is 12.4. The minimum Gasteiger partial charge on any atom is -0.334 e. The third-order valence-electron chi connectivity index (χ3n) is 4.10. The number of hydrazone groups is 1. The smallest absolute Gasteiger partial charge is 0.321 e.